The van der Waals surface area contributed by atoms with Gasteiger partial charge in [-0.25, -0.2) is 4.39 Å². The summed E-state index contributed by atoms with van der Waals surface area (Å²) in [7, 11) is 0. The maximum Gasteiger partial charge on any atom is 0.146 e. The Morgan fingerprint density at radius 1 is 1.50 bits per heavy atom. The van der Waals surface area contributed by atoms with Crippen LogP contribution in [0, 0.1) is 5.82 Å². The zero-order valence-electron chi connectivity index (χ0n) is 9.49. The molecule has 4 heteroatoms. The fourth-order valence-electron chi connectivity index (χ4n) is 2.01. The third-order valence-electron chi connectivity index (χ3n) is 3.07. The fourth-order valence-corrected chi connectivity index (χ4v) is 2.01. The van der Waals surface area contributed by atoms with Crippen molar-refractivity contribution < 1.29 is 9.50 Å². The SMILES string of the molecule is CCc1ncc(N2CCC(O)CC2)cc1F. The number of piperidine rings is 1. The average molecular weight is 224 g/mol. The second-order valence-electron chi connectivity index (χ2n) is 4.19. The zero-order valence-corrected chi connectivity index (χ0v) is 9.49. The van der Waals surface area contributed by atoms with Crippen molar-refractivity contribution >= 4 is 5.69 Å². The summed E-state index contributed by atoms with van der Waals surface area (Å²) in [6.45, 7) is 3.43. The smallest absolute Gasteiger partial charge is 0.146 e. The normalized spacial score (nSPS) is 17.8. The van der Waals surface area contributed by atoms with Gasteiger partial charge in [0.05, 0.1) is 23.7 Å². The fraction of sp³-hybridized carbons (Fsp3) is 0.583. The number of nitrogens with zero attached hydrogens (tertiary/aromatic N) is 2. The number of hydrogen-bond donors (Lipinski definition) is 1. The number of halogens is 1. The van der Waals surface area contributed by atoms with Gasteiger partial charge in [0.1, 0.15) is 5.82 Å². The van der Waals surface area contributed by atoms with E-state index < -0.39 is 0 Å². The van der Waals surface area contributed by atoms with Gasteiger partial charge in [-0.15, -0.1) is 0 Å². The average Bonchev–Trinajstić information content (AvgIpc) is 2.30. The molecule has 88 valence electrons. The Hall–Kier alpha value is -1.16. The van der Waals surface area contributed by atoms with Crippen molar-refractivity contribution in [2.75, 3.05) is 18.0 Å². The second-order valence-corrected chi connectivity index (χ2v) is 4.19. The summed E-state index contributed by atoms with van der Waals surface area (Å²) in [5.41, 5.74) is 1.34. The van der Waals surface area contributed by atoms with Crippen LogP contribution in [0.5, 0.6) is 0 Å². The molecule has 2 heterocycles. The molecule has 1 N–H and O–H groups in total. The van der Waals surface area contributed by atoms with E-state index in [4.69, 9.17) is 0 Å². The molecule has 1 aliphatic heterocycles. The molecule has 16 heavy (non-hydrogen) atoms. The molecule has 0 atom stereocenters. The molecule has 0 bridgehead atoms. The molecule has 1 aromatic heterocycles. The molecule has 0 radical (unpaired) electrons. The Labute approximate surface area is 94.9 Å². The third-order valence-corrected chi connectivity index (χ3v) is 3.07. The molecule has 1 aliphatic rings. The molecule has 1 fully saturated rings. The number of aromatic nitrogens is 1. The summed E-state index contributed by atoms with van der Waals surface area (Å²) >= 11 is 0. The van der Waals surface area contributed by atoms with Crippen molar-refractivity contribution in [3.63, 3.8) is 0 Å². The number of anilines is 1. The van der Waals surface area contributed by atoms with Gasteiger partial charge in [0.15, 0.2) is 0 Å². The number of rotatable bonds is 2. The van der Waals surface area contributed by atoms with Crippen molar-refractivity contribution in [2.45, 2.75) is 32.3 Å². The Morgan fingerprint density at radius 2 is 2.19 bits per heavy atom. The van der Waals surface area contributed by atoms with Gasteiger partial charge in [-0.1, -0.05) is 6.92 Å². The first kappa shape index (κ1) is 11.3. The van der Waals surface area contributed by atoms with Crippen molar-refractivity contribution in [1.82, 2.24) is 4.98 Å². The molecule has 0 saturated carbocycles. The molecule has 1 saturated heterocycles. The van der Waals surface area contributed by atoms with Gasteiger partial charge in [-0.2, -0.15) is 0 Å². The van der Waals surface area contributed by atoms with E-state index in [2.05, 4.69) is 9.88 Å². The van der Waals surface area contributed by atoms with Crippen LogP contribution >= 0.6 is 0 Å². The quantitative estimate of drug-likeness (QED) is 0.831. The highest BCUT2D eigenvalue weighted by Gasteiger charge is 2.18. The largest absolute Gasteiger partial charge is 0.393 e. The highest BCUT2D eigenvalue weighted by atomic mass is 19.1. The number of aryl methyl sites for hydroxylation is 1. The first-order valence-corrected chi connectivity index (χ1v) is 5.78. The Balaban J connectivity index is 2.12. The van der Waals surface area contributed by atoms with E-state index in [-0.39, 0.29) is 11.9 Å². The monoisotopic (exact) mass is 224 g/mol. The van der Waals surface area contributed by atoms with E-state index in [1.54, 1.807) is 12.3 Å². The van der Waals surface area contributed by atoms with E-state index in [0.29, 0.717) is 12.1 Å². The van der Waals surface area contributed by atoms with Crippen LogP contribution < -0.4 is 4.90 Å². The van der Waals surface area contributed by atoms with Crippen LogP contribution in [0.2, 0.25) is 0 Å². The minimum Gasteiger partial charge on any atom is -0.393 e. The lowest BCUT2D eigenvalue weighted by Gasteiger charge is -2.31. The summed E-state index contributed by atoms with van der Waals surface area (Å²) < 4.78 is 13.5. The number of hydrogen-bond acceptors (Lipinski definition) is 3. The van der Waals surface area contributed by atoms with E-state index >= 15 is 0 Å². The summed E-state index contributed by atoms with van der Waals surface area (Å²) in [5, 5.41) is 9.39. The van der Waals surface area contributed by atoms with Crippen molar-refractivity contribution in [1.29, 1.82) is 0 Å². The molecule has 1 aromatic rings. The standard InChI is InChI=1S/C12H17FN2O/c1-2-12-11(13)7-9(8-14-12)15-5-3-10(16)4-6-15/h7-8,10,16H,2-6H2,1H3. The van der Waals surface area contributed by atoms with Crippen molar-refractivity contribution in [3.8, 4) is 0 Å². The van der Waals surface area contributed by atoms with E-state index in [1.165, 1.54) is 0 Å². The minimum absolute atomic E-state index is 0.205. The first-order valence-electron chi connectivity index (χ1n) is 5.78. The van der Waals surface area contributed by atoms with Crippen LogP contribution in [0.25, 0.3) is 0 Å². The number of aliphatic hydroxyl groups is 1. The van der Waals surface area contributed by atoms with Crippen LogP contribution in [0.4, 0.5) is 10.1 Å². The molecule has 0 spiro atoms. The molecular formula is C12H17FN2O. The molecule has 0 aromatic carbocycles. The van der Waals surface area contributed by atoms with Crippen molar-refractivity contribution in [2.24, 2.45) is 0 Å². The zero-order chi connectivity index (χ0) is 11.5. The summed E-state index contributed by atoms with van der Waals surface area (Å²) in [4.78, 5) is 6.18. The molecular weight excluding hydrogens is 207 g/mol. The van der Waals surface area contributed by atoms with Crippen LogP contribution in [0.15, 0.2) is 12.3 Å². The molecule has 0 unspecified atom stereocenters. The maximum absolute atomic E-state index is 13.5. The predicted molar refractivity (Wildman–Crippen MR) is 61.0 cm³/mol. The van der Waals surface area contributed by atoms with Gasteiger partial charge in [-0.05, 0) is 19.3 Å². The summed E-state index contributed by atoms with van der Waals surface area (Å²) in [5.74, 6) is -0.230. The highest BCUT2D eigenvalue weighted by Crippen LogP contribution is 2.21. The van der Waals surface area contributed by atoms with Gasteiger partial charge >= 0.3 is 0 Å². The van der Waals surface area contributed by atoms with E-state index in [9.17, 15) is 9.50 Å². The lowest BCUT2D eigenvalue weighted by atomic mass is 10.1. The van der Waals surface area contributed by atoms with Gasteiger partial charge < -0.3 is 10.0 Å². The van der Waals surface area contributed by atoms with Gasteiger partial charge in [0.2, 0.25) is 0 Å². The molecule has 0 amide bonds. The molecule has 0 aliphatic carbocycles. The maximum atomic E-state index is 13.5. The van der Waals surface area contributed by atoms with E-state index in [1.807, 2.05) is 6.92 Å². The van der Waals surface area contributed by atoms with Gasteiger partial charge in [-0.3, -0.25) is 4.98 Å². The van der Waals surface area contributed by atoms with Crippen LogP contribution in [0.3, 0.4) is 0 Å². The summed E-state index contributed by atoms with van der Waals surface area (Å²) in [6.07, 6.45) is 3.63. The lowest BCUT2D eigenvalue weighted by molar-refractivity contribution is 0.145. The summed E-state index contributed by atoms with van der Waals surface area (Å²) in [6, 6.07) is 1.55. The number of aliphatic hydroxyl groups excluding tert-OH is 1. The second kappa shape index (κ2) is 4.78. The Kier molecular flexibility index (Phi) is 3.39. The predicted octanol–water partition coefficient (Wildman–Crippen LogP) is 1.74. The first-order chi connectivity index (χ1) is 7.70. The van der Waals surface area contributed by atoms with Crippen LogP contribution in [-0.2, 0) is 6.42 Å². The minimum atomic E-state index is -0.230. The molecule has 3 nitrogen and oxygen atoms in total. The Bertz CT molecular complexity index is 362. The third kappa shape index (κ3) is 2.32. The van der Waals surface area contributed by atoms with Crippen LogP contribution in [-0.4, -0.2) is 29.3 Å². The number of pyridine rings is 1. The van der Waals surface area contributed by atoms with Crippen LogP contribution in [0.1, 0.15) is 25.5 Å². The van der Waals surface area contributed by atoms with Gasteiger partial charge in [0.25, 0.3) is 0 Å². The van der Waals surface area contributed by atoms with Crippen molar-refractivity contribution in [3.05, 3.63) is 23.8 Å². The van der Waals surface area contributed by atoms with E-state index in [0.717, 1.165) is 31.6 Å². The highest BCUT2D eigenvalue weighted by molar-refractivity contribution is 5.45. The topological polar surface area (TPSA) is 36.4 Å². The Morgan fingerprint density at radius 3 is 2.75 bits per heavy atom. The molecule has 2 rings (SSSR count). The lowest BCUT2D eigenvalue weighted by Crippen LogP contribution is -2.35. The van der Waals surface area contributed by atoms with Gasteiger partial charge in [0, 0.05) is 19.2 Å².